The molecule has 0 amide bonds. The summed E-state index contributed by atoms with van der Waals surface area (Å²) in [5.41, 5.74) is 7.52. The number of aryl methyl sites for hydroxylation is 3. The third-order valence-corrected chi connectivity index (χ3v) is 4.93. The van der Waals surface area contributed by atoms with Crippen molar-refractivity contribution in [1.82, 2.24) is 9.38 Å². The average molecular weight is 362 g/mol. The van der Waals surface area contributed by atoms with Crippen molar-refractivity contribution in [2.24, 2.45) is 0 Å². The normalized spacial score (nSPS) is 11.1. The van der Waals surface area contributed by atoms with Crippen LogP contribution in [0.5, 0.6) is 0 Å². The minimum absolute atomic E-state index is 0.720. The highest BCUT2D eigenvalue weighted by Crippen LogP contribution is 2.34. The molecular formula is C22H20ClN3. The van der Waals surface area contributed by atoms with Gasteiger partial charge < -0.3 is 5.32 Å². The molecule has 2 aromatic carbocycles. The molecule has 4 aromatic rings. The Hall–Kier alpha value is -2.78. The molecule has 0 unspecified atom stereocenters. The Kier molecular flexibility index (Phi) is 4.17. The molecule has 0 fully saturated rings. The standard InChI is InChI=1S/C22H20ClN3/c1-14-6-4-7-15(2)20(14)25-22-21(17-10-12-18(23)13-11-17)24-19-9-5-8-16(3)26(19)22/h4-13,25H,1-3H3. The number of nitrogens with one attached hydrogen (secondary N) is 1. The molecule has 0 aliphatic heterocycles. The second-order valence-corrected chi connectivity index (χ2v) is 7.00. The fourth-order valence-corrected chi connectivity index (χ4v) is 3.43. The topological polar surface area (TPSA) is 29.3 Å². The summed E-state index contributed by atoms with van der Waals surface area (Å²) < 4.78 is 2.16. The van der Waals surface area contributed by atoms with Crippen molar-refractivity contribution < 1.29 is 0 Å². The van der Waals surface area contributed by atoms with E-state index in [-0.39, 0.29) is 0 Å². The van der Waals surface area contributed by atoms with Gasteiger partial charge in [0, 0.05) is 22.0 Å². The lowest BCUT2D eigenvalue weighted by Crippen LogP contribution is -2.02. The number of anilines is 2. The van der Waals surface area contributed by atoms with Crippen LogP contribution in [-0.4, -0.2) is 9.38 Å². The number of fused-ring (bicyclic) bond motifs is 1. The van der Waals surface area contributed by atoms with Crippen LogP contribution < -0.4 is 5.32 Å². The van der Waals surface area contributed by atoms with Crippen molar-refractivity contribution in [2.75, 3.05) is 5.32 Å². The Morgan fingerprint density at radius 2 is 1.50 bits per heavy atom. The number of imidazole rings is 1. The smallest absolute Gasteiger partial charge is 0.143 e. The van der Waals surface area contributed by atoms with Gasteiger partial charge in [-0.2, -0.15) is 0 Å². The molecule has 3 nitrogen and oxygen atoms in total. The van der Waals surface area contributed by atoms with Crippen LogP contribution in [0.4, 0.5) is 11.5 Å². The average Bonchev–Trinajstić information content (AvgIpc) is 2.99. The minimum Gasteiger partial charge on any atom is -0.339 e. The second kappa shape index (κ2) is 6.50. The van der Waals surface area contributed by atoms with Gasteiger partial charge in [-0.25, -0.2) is 4.98 Å². The predicted octanol–water partition coefficient (Wildman–Crippen LogP) is 6.32. The fourth-order valence-electron chi connectivity index (χ4n) is 3.31. The summed E-state index contributed by atoms with van der Waals surface area (Å²) in [5, 5.41) is 4.37. The quantitative estimate of drug-likeness (QED) is 0.462. The summed E-state index contributed by atoms with van der Waals surface area (Å²) in [7, 11) is 0. The Labute approximate surface area is 158 Å². The zero-order chi connectivity index (χ0) is 18.3. The van der Waals surface area contributed by atoms with Gasteiger partial charge in [0.05, 0.1) is 0 Å². The lowest BCUT2D eigenvalue weighted by molar-refractivity contribution is 1.09. The van der Waals surface area contributed by atoms with E-state index in [1.165, 1.54) is 11.1 Å². The Balaban J connectivity index is 1.96. The first-order valence-corrected chi connectivity index (χ1v) is 8.99. The molecule has 0 spiro atoms. The van der Waals surface area contributed by atoms with Gasteiger partial charge in [0.25, 0.3) is 0 Å². The number of aromatic nitrogens is 2. The van der Waals surface area contributed by atoms with Gasteiger partial charge in [-0.15, -0.1) is 0 Å². The number of halogens is 1. The van der Waals surface area contributed by atoms with Gasteiger partial charge in [0.2, 0.25) is 0 Å². The summed E-state index contributed by atoms with van der Waals surface area (Å²) in [6.45, 7) is 6.33. The van der Waals surface area contributed by atoms with Crippen LogP contribution >= 0.6 is 11.6 Å². The Bertz CT molecular complexity index is 1070. The van der Waals surface area contributed by atoms with E-state index < -0.39 is 0 Å². The van der Waals surface area contributed by atoms with Crippen LogP contribution in [0.1, 0.15) is 16.8 Å². The molecule has 4 heteroatoms. The van der Waals surface area contributed by atoms with E-state index in [1.54, 1.807) is 0 Å². The van der Waals surface area contributed by atoms with Gasteiger partial charge >= 0.3 is 0 Å². The first-order valence-electron chi connectivity index (χ1n) is 8.62. The molecule has 0 atom stereocenters. The zero-order valence-corrected chi connectivity index (χ0v) is 15.8. The lowest BCUT2D eigenvalue weighted by Gasteiger charge is -2.15. The molecule has 0 aliphatic carbocycles. The summed E-state index contributed by atoms with van der Waals surface area (Å²) in [5.74, 6) is 0.970. The third-order valence-electron chi connectivity index (χ3n) is 4.68. The van der Waals surface area contributed by atoms with Gasteiger partial charge in [0.1, 0.15) is 17.2 Å². The highest BCUT2D eigenvalue weighted by atomic mass is 35.5. The van der Waals surface area contributed by atoms with Crippen molar-refractivity contribution in [3.05, 3.63) is 82.5 Å². The van der Waals surface area contributed by atoms with E-state index in [0.29, 0.717) is 0 Å². The van der Waals surface area contributed by atoms with Crippen LogP contribution in [-0.2, 0) is 0 Å². The number of rotatable bonds is 3. The predicted molar refractivity (Wildman–Crippen MR) is 110 cm³/mol. The van der Waals surface area contributed by atoms with Crippen molar-refractivity contribution in [3.8, 4) is 11.3 Å². The van der Waals surface area contributed by atoms with E-state index in [2.05, 4.69) is 54.8 Å². The van der Waals surface area contributed by atoms with E-state index in [9.17, 15) is 0 Å². The largest absolute Gasteiger partial charge is 0.339 e. The molecule has 0 bridgehead atoms. The summed E-state index contributed by atoms with van der Waals surface area (Å²) in [6.07, 6.45) is 0. The maximum absolute atomic E-state index is 6.07. The molecule has 130 valence electrons. The molecule has 2 heterocycles. The maximum Gasteiger partial charge on any atom is 0.143 e. The van der Waals surface area contributed by atoms with Crippen LogP contribution in [0.25, 0.3) is 16.9 Å². The van der Waals surface area contributed by atoms with Crippen LogP contribution in [0.15, 0.2) is 60.7 Å². The van der Waals surface area contributed by atoms with Gasteiger partial charge in [-0.1, -0.05) is 48.0 Å². The molecule has 0 aliphatic rings. The van der Waals surface area contributed by atoms with Crippen molar-refractivity contribution >= 4 is 28.8 Å². The second-order valence-electron chi connectivity index (χ2n) is 6.57. The SMILES string of the molecule is Cc1cccc(C)c1Nc1c(-c2ccc(Cl)cc2)nc2cccc(C)n12. The first-order chi connectivity index (χ1) is 12.5. The van der Waals surface area contributed by atoms with Crippen molar-refractivity contribution in [2.45, 2.75) is 20.8 Å². The van der Waals surface area contributed by atoms with E-state index in [4.69, 9.17) is 16.6 Å². The van der Waals surface area contributed by atoms with E-state index in [0.717, 1.165) is 39.1 Å². The monoisotopic (exact) mass is 361 g/mol. The number of hydrogen-bond acceptors (Lipinski definition) is 2. The fraction of sp³-hybridized carbons (Fsp3) is 0.136. The number of benzene rings is 2. The van der Waals surface area contributed by atoms with Crippen LogP contribution in [0, 0.1) is 20.8 Å². The van der Waals surface area contributed by atoms with E-state index in [1.807, 2.05) is 36.4 Å². The molecular weight excluding hydrogens is 342 g/mol. The van der Waals surface area contributed by atoms with Crippen LogP contribution in [0.3, 0.4) is 0 Å². The molecule has 0 radical (unpaired) electrons. The third kappa shape index (κ3) is 2.85. The van der Waals surface area contributed by atoms with E-state index >= 15 is 0 Å². The molecule has 2 aromatic heterocycles. The first kappa shape index (κ1) is 16.7. The summed E-state index contributed by atoms with van der Waals surface area (Å²) >= 11 is 6.07. The van der Waals surface area contributed by atoms with Gasteiger partial charge in [-0.05, 0) is 56.2 Å². The summed E-state index contributed by atoms with van der Waals surface area (Å²) in [4.78, 5) is 4.89. The van der Waals surface area contributed by atoms with Crippen LogP contribution in [0.2, 0.25) is 5.02 Å². The molecule has 26 heavy (non-hydrogen) atoms. The molecule has 1 N–H and O–H groups in total. The Morgan fingerprint density at radius 3 is 2.19 bits per heavy atom. The van der Waals surface area contributed by atoms with Gasteiger partial charge in [-0.3, -0.25) is 4.40 Å². The number of nitrogens with zero attached hydrogens (tertiary/aromatic N) is 2. The van der Waals surface area contributed by atoms with Crippen molar-refractivity contribution in [3.63, 3.8) is 0 Å². The van der Waals surface area contributed by atoms with Crippen molar-refractivity contribution in [1.29, 1.82) is 0 Å². The highest BCUT2D eigenvalue weighted by Gasteiger charge is 2.17. The molecule has 0 saturated heterocycles. The highest BCUT2D eigenvalue weighted by molar-refractivity contribution is 6.30. The number of pyridine rings is 1. The Morgan fingerprint density at radius 1 is 0.846 bits per heavy atom. The zero-order valence-electron chi connectivity index (χ0n) is 15.0. The number of para-hydroxylation sites is 1. The maximum atomic E-state index is 6.07. The molecule has 0 saturated carbocycles. The summed E-state index contributed by atoms with van der Waals surface area (Å²) in [6, 6.07) is 20.3. The minimum atomic E-state index is 0.720. The van der Waals surface area contributed by atoms with Gasteiger partial charge in [0.15, 0.2) is 0 Å². The molecule has 4 rings (SSSR count). The lowest BCUT2D eigenvalue weighted by atomic mass is 10.1. The number of hydrogen-bond donors (Lipinski definition) is 1.